The minimum atomic E-state index is -0.835. The largest absolute Gasteiger partial charge is 0.453 e. The summed E-state index contributed by atoms with van der Waals surface area (Å²) >= 11 is 7.36. The molecule has 0 bridgehead atoms. The van der Waals surface area contributed by atoms with Gasteiger partial charge < -0.3 is 10.1 Å². The van der Waals surface area contributed by atoms with E-state index < -0.39 is 12.1 Å². The maximum atomic E-state index is 12.0. The Morgan fingerprint density at radius 2 is 1.79 bits per heavy atom. The van der Waals surface area contributed by atoms with E-state index in [0.717, 1.165) is 4.90 Å². The molecule has 0 unspecified atom stereocenters. The molecule has 0 radical (unpaired) electrons. The molecule has 24 heavy (non-hydrogen) atoms. The molecule has 0 aliphatic carbocycles. The molecule has 2 aromatic carbocycles. The number of nitrogens with one attached hydrogen (secondary N) is 1. The molecule has 1 atom stereocenters. The van der Waals surface area contributed by atoms with Crippen LogP contribution in [0.2, 0.25) is 5.02 Å². The zero-order valence-electron chi connectivity index (χ0n) is 13.2. The number of para-hydroxylation sites is 1. The summed E-state index contributed by atoms with van der Waals surface area (Å²) in [6.45, 7) is 1.56. The summed E-state index contributed by atoms with van der Waals surface area (Å²) in [7, 11) is 0. The molecule has 1 N–H and O–H groups in total. The van der Waals surface area contributed by atoms with E-state index in [1.54, 1.807) is 31.2 Å². The van der Waals surface area contributed by atoms with Crippen molar-refractivity contribution >= 4 is 40.9 Å². The molecule has 6 heteroatoms. The molecule has 2 aromatic rings. The van der Waals surface area contributed by atoms with Crippen molar-refractivity contribution in [3.8, 4) is 0 Å². The van der Waals surface area contributed by atoms with Gasteiger partial charge in [-0.3, -0.25) is 9.59 Å². The highest BCUT2D eigenvalue weighted by Crippen LogP contribution is 2.21. The van der Waals surface area contributed by atoms with E-state index in [-0.39, 0.29) is 12.3 Å². The summed E-state index contributed by atoms with van der Waals surface area (Å²) < 4.78 is 5.16. The van der Waals surface area contributed by atoms with E-state index in [4.69, 9.17) is 16.3 Å². The zero-order valence-corrected chi connectivity index (χ0v) is 14.8. The molecule has 4 nitrogen and oxygen atoms in total. The van der Waals surface area contributed by atoms with Crippen molar-refractivity contribution in [3.05, 3.63) is 59.6 Å². The number of amides is 1. The number of hydrogen-bond acceptors (Lipinski definition) is 4. The first-order valence-electron chi connectivity index (χ1n) is 7.48. The van der Waals surface area contributed by atoms with Crippen LogP contribution in [0.5, 0.6) is 0 Å². The second-order valence-electron chi connectivity index (χ2n) is 5.04. The van der Waals surface area contributed by atoms with Gasteiger partial charge in [-0.1, -0.05) is 29.8 Å². The molecule has 0 aliphatic heterocycles. The minimum absolute atomic E-state index is 0.232. The Morgan fingerprint density at radius 1 is 1.12 bits per heavy atom. The predicted molar refractivity (Wildman–Crippen MR) is 97.4 cm³/mol. The number of rotatable bonds is 7. The number of esters is 1. The number of ether oxygens (including phenoxy) is 1. The van der Waals surface area contributed by atoms with Crippen molar-refractivity contribution < 1.29 is 14.3 Å². The third-order valence-electron chi connectivity index (χ3n) is 3.11. The minimum Gasteiger partial charge on any atom is -0.453 e. The molecular weight excluding hydrogens is 346 g/mol. The van der Waals surface area contributed by atoms with Gasteiger partial charge in [0.25, 0.3) is 5.91 Å². The van der Waals surface area contributed by atoms with Crippen molar-refractivity contribution in [3.63, 3.8) is 0 Å². The van der Waals surface area contributed by atoms with Crippen LogP contribution in [0.15, 0.2) is 59.5 Å². The van der Waals surface area contributed by atoms with E-state index in [2.05, 4.69) is 5.32 Å². The third kappa shape index (κ3) is 6.26. The Balaban J connectivity index is 1.71. The van der Waals surface area contributed by atoms with Gasteiger partial charge in [0.15, 0.2) is 6.10 Å². The Bertz CT molecular complexity index is 676. The van der Waals surface area contributed by atoms with E-state index in [1.165, 1.54) is 11.8 Å². The molecule has 0 saturated heterocycles. The van der Waals surface area contributed by atoms with Crippen LogP contribution in [-0.2, 0) is 14.3 Å². The van der Waals surface area contributed by atoms with Crippen LogP contribution in [0.4, 0.5) is 5.69 Å². The van der Waals surface area contributed by atoms with Crippen LogP contribution in [0.3, 0.4) is 0 Å². The Morgan fingerprint density at radius 3 is 2.46 bits per heavy atom. The number of anilines is 1. The lowest BCUT2D eigenvalue weighted by molar-refractivity contribution is -0.152. The Hall–Kier alpha value is -1.98. The summed E-state index contributed by atoms with van der Waals surface area (Å²) in [5.74, 6) is -0.167. The fourth-order valence-electron chi connectivity index (χ4n) is 1.86. The van der Waals surface area contributed by atoms with Gasteiger partial charge in [0, 0.05) is 21.4 Å². The highest BCUT2D eigenvalue weighted by Gasteiger charge is 2.17. The summed E-state index contributed by atoms with van der Waals surface area (Å²) in [6.07, 6.45) is -0.603. The zero-order chi connectivity index (χ0) is 17.4. The van der Waals surface area contributed by atoms with E-state index in [1.807, 2.05) is 30.3 Å². The molecule has 2 rings (SSSR count). The number of hydrogen-bond donors (Lipinski definition) is 1. The fraction of sp³-hybridized carbons (Fsp3) is 0.222. The first-order chi connectivity index (χ1) is 11.5. The second kappa shape index (κ2) is 9.35. The first kappa shape index (κ1) is 18.4. The van der Waals surface area contributed by atoms with Gasteiger partial charge in [0.05, 0.1) is 6.42 Å². The third-order valence-corrected chi connectivity index (χ3v) is 4.37. The van der Waals surface area contributed by atoms with Crippen molar-refractivity contribution in [1.29, 1.82) is 0 Å². The molecule has 1 amide bonds. The summed E-state index contributed by atoms with van der Waals surface area (Å²) in [5, 5.41) is 3.38. The van der Waals surface area contributed by atoms with Crippen LogP contribution in [0.25, 0.3) is 0 Å². The molecule has 0 fully saturated rings. The summed E-state index contributed by atoms with van der Waals surface area (Å²) in [5.41, 5.74) is 0.670. The second-order valence-corrected chi connectivity index (χ2v) is 6.64. The number of thioether (sulfide) groups is 1. The smallest absolute Gasteiger partial charge is 0.307 e. The molecular formula is C18H18ClNO3S. The highest BCUT2D eigenvalue weighted by atomic mass is 35.5. The van der Waals surface area contributed by atoms with Gasteiger partial charge in [0.1, 0.15) is 0 Å². The highest BCUT2D eigenvalue weighted by molar-refractivity contribution is 7.99. The van der Waals surface area contributed by atoms with Crippen molar-refractivity contribution in [2.24, 2.45) is 0 Å². The quantitative estimate of drug-likeness (QED) is 0.585. The van der Waals surface area contributed by atoms with Crippen molar-refractivity contribution in [2.75, 3.05) is 11.1 Å². The molecule has 0 heterocycles. The van der Waals surface area contributed by atoms with Crippen molar-refractivity contribution in [2.45, 2.75) is 24.3 Å². The van der Waals surface area contributed by atoms with Gasteiger partial charge in [-0.15, -0.1) is 11.8 Å². The lowest BCUT2D eigenvalue weighted by Gasteiger charge is -2.13. The van der Waals surface area contributed by atoms with Gasteiger partial charge in [-0.2, -0.15) is 0 Å². The topological polar surface area (TPSA) is 55.4 Å². The van der Waals surface area contributed by atoms with Crippen LogP contribution in [-0.4, -0.2) is 23.7 Å². The fourth-order valence-corrected chi connectivity index (χ4v) is 2.82. The van der Waals surface area contributed by atoms with E-state index in [9.17, 15) is 9.59 Å². The lowest BCUT2D eigenvalue weighted by atomic mass is 10.3. The summed E-state index contributed by atoms with van der Waals surface area (Å²) in [6, 6.07) is 16.4. The monoisotopic (exact) mass is 363 g/mol. The molecule has 126 valence electrons. The van der Waals surface area contributed by atoms with E-state index >= 15 is 0 Å². The summed E-state index contributed by atoms with van der Waals surface area (Å²) in [4.78, 5) is 24.8. The average molecular weight is 364 g/mol. The molecule has 0 aliphatic rings. The van der Waals surface area contributed by atoms with Crippen molar-refractivity contribution in [1.82, 2.24) is 0 Å². The van der Waals surface area contributed by atoms with Gasteiger partial charge in [0.2, 0.25) is 0 Å². The Labute approximate surface area is 150 Å². The van der Waals surface area contributed by atoms with Gasteiger partial charge in [-0.05, 0) is 43.3 Å². The average Bonchev–Trinajstić information content (AvgIpc) is 2.57. The van der Waals surface area contributed by atoms with Gasteiger partial charge in [-0.25, -0.2) is 0 Å². The van der Waals surface area contributed by atoms with Gasteiger partial charge >= 0.3 is 5.97 Å². The van der Waals surface area contributed by atoms with Crippen LogP contribution in [0, 0.1) is 0 Å². The number of halogens is 1. The first-order valence-corrected chi connectivity index (χ1v) is 8.85. The number of carbonyl (C=O) groups is 2. The molecule has 0 aromatic heterocycles. The molecule has 0 spiro atoms. The van der Waals surface area contributed by atoms with Crippen LogP contribution < -0.4 is 5.32 Å². The lowest BCUT2D eigenvalue weighted by Crippen LogP contribution is -2.30. The van der Waals surface area contributed by atoms with Crippen LogP contribution >= 0.6 is 23.4 Å². The number of carbonyl (C=O) groups excluding carboxylic acids is 2. The SMILES string of the molecule is C[C@@H](OC(=O)CCSc1ccc(Cl)cc1)C(=O)Nc1ccccc1. The molecule has 0 saturated carbocycles. The number of benzene rings is 2. The maximum Gasteiger partial charge on any atom is 0.307 e. The maximum absolute atomic E-state index is 12.0. The predicted octanol–water partition coefficient (Wildman–Crippen LogP) is 4.39. The van der Waals surface area contributed by atoms with Crippen LogP contribution in [0.1, 0.15) is 13.3 Å². The normalized spacial score (nSPS) is 11.6. The standard InChI is InChI=1S/C18H18ClNO3S/c1-13(18(22)20-15-5-3-2-4-6-15)23-17(21)11-12-24-16-9-7-14(19)8-10-16/h2-10,13H,11-12H2,1H3,(H,20,22)/t13-/m1/s1. The van der Waals surface area contributed by atoms with E-state index in [0.29, 0.717) is 16.5 Å². The Kier molecular flexibility index (Phi) is 7.15.